The Morgan fingerprint density at radius 1 is 1.29 bits per heavy atom. The smallest absolute Gasteiger partial charge is 0.233 e. The fourth-order valence-electron chi connectivity index (χ4n) is 3.13. The third-order valence-corrected chi connectivity index (χ3v) is 6.35. The van der Waals surface area contributed by atoms with Gasteiger partial charge in [0.15, 0.2) is 11.0 Å². The van der Waals surface area contributed by atoms with Crippen LogP contribution >= 0.6 is 23.1 Å². The quantitative estimate of drug-likeness (QED) is 0.494. The van der Waals surface area contributed by atoms with E-state index in [2.05, 4.69) is 43.5 Å². The molecular formula is C20H23N5OS2. The van der Waals surface area contributed by atoms with Gasteiger partial charge >= 0.3 is 0 Å². The highest BCUT2D eigenvalue weighted by Crippen LogP contribution is 2.30. The lowest BCUT2D eigenvalue weighted by molar-refractivity contribution is -0.129. The number of hydrogen-bond acceptors (Lipinski definition) is 6. The van der Waals surface area contributed by atoms with E-state index in [1.165, 1.54) is 17.3 Å². The van der Waals surface area contributed by atoms with Gasteiger partial charge in [-0.05, 0) is 53.8 Å². The molecule has 0 aliphatic heterocycles. The third kappa shape index (κ3) is 4.44. The molecule has 3 aromatic rings. The van der Waals surface area contributed by atoms with Crippen LogP contribution in [0.1, 0.15) is 31.7 Å². The van der Waals surface area contributed by atoms with E-state index in [1.54, 1.807) is 23.7 Å². The molecule has 1 amide bonds. The highest BCUT2D eigenvalue weighted by Gasteiger charge is 2.32. The summed E-state index contributed by atoms with van der Waals surface area (Å²) in [7, 11) is 0. The second-order valence-electron chi connectivity index (χ2n) is 6.87. The first kappa shape index (κ1) is 19.1. The van der Waals surface area contributed by atoms with Crippen molar-refractivity contribution in [3.05, 3.63) is 46.9 Å². The van der Waals surface area contributed by atoms with Crippen molar-refractivity contribution in [2.24, 2.45) is 0 Å². The van der Waals surface area contributed by atoms with Crippen molar-refractivity contribution in [2.45, 2.75) is 50.5 Å². The number of pyridine rings is 1. The van der Waals surface area contributed by atoms with E-state index in [9.17, 15) is 4.79 Å². The van der Waals surface area contributed by atoms with Crippen molar-refractivity contribution in [3.8, 4) is 11.4 Å². The van der Waals surface area contributed by atoms with E-state index < -0.39 is 0 Å². The van der Waals surface area contributed by atoms with E-state index in [0.717, 1.165) is 42.4 Å². The van der Waals surface area contributed by atoms with Gasteiger partial charge < -0.3 is 9.47 Å². The van der Waals surface area contributed by atoms with Crippen molar-refractivity contribution >= 4 is 29.0 Å². The zero-order chi connectivity index (χ0) is 19.3. The van der Waals surface area contributed by atoms with Crippen LogP contribution in [0.3, 0.4) is 0 Å². The fourth-order valence-corrected chi connectivity index (χ4v) is 4.64. The maximum atomic E-state index is 12.9. The summed E-state index contributed by atoms with van der Waals surface area (Å²) < 4.78 is 2.10. The maximum Gasteiger partial charge on any atom is 0.233 e. The molecule has 0 spiro atoms. The van der Waals surface area contributed by atoms with Crippen LogP contribution in [0.4, 0.5) is 0 Å². The van der Waals surface area contributed by atoms with Crippen molar-refractivity contribution in [3.63, 3.8) is 0 Å². The molecule has 1 aliphatic rings. The number of hydrogen-bond donors (Lipinski definition) is 0. The van der Waals surface area contributed by atoms with Gasteiger partial charge in [0.2, 0.25) is 5.91 Å². The van der Waals surface area contributed by atoms with E-state index in [4.69, 9.17) is 0 Å². The topological polar surface area (TPSA) is 63.9 Å². The predicted octanol–water partition coefficient (Wildman–Crippen LogP) is 4.09. The summed E-state index contributed by atoms with van der Waals surface area (Å²) in [6.07, 6.45) is 6.71. The maximum absolute atomic E-state index is 12.9. The second kappa shape index (κ2) is 8.87. The first-order chi connectivity index (χ1) is 13.8. The van der Waals surface area contributed by atoms with Crippen LogP contribution in [0.15, 0.2) is 46.5 Å². The zero-order valence-corrected chi connectivity index (χ0v) is 17.5. The van der Waals surface area contributed by atoms with Crippen LogP contribution in [0.25, 0.3) is 11.4 Å². The summed E-state index contributed by atoms with van der Waals surface area (Å²) in [6, 6.07) is 6.37. The van der Waals surface area contributed by atoms with Crippen LogP contribution in [0.2, 0.25) is 0 Å². The fraction of sp³-hybridized carbons (Fsp3) is 0.400. The summed E-state index contributed by atoms with van der Waals surface area (Å²) >= 11 is 3.16. The van der Waals surface area contributed by atoms with E-state index >= 15 is 0 Å². The second-order valence-corrected chi connectivity index (χ2v) is 8.59. The highest BCUT2D eigenvalue weighted by molar-refractivity contribution is 7.99. The Morgan fingerprint density at radius 2 is 2.11 bits per heavy atom. The molecular weight excluding hydrogens is 390 g/mol. The molecule has 146 valence electrons. The van der Waals surface area contributed by atoms with Gasteiger partial charge in [-0.2, -0.15) is 11.3 Å². The molecule has 3 heterocycles. The number of nitrogens with zero attached hydrogens (tertiary/aromatic N) is 5. The molecule has 1 aliphatic carbocycles. The van der Waals surface area contributed by atoms with Gasteiger partial charge in [-0.3, -0.25) is 9.78 Å². The summed E-state index contributed by atoms with van der Waals surface area (Å²) in [5.41, 5.74) is 2.20. The van der Waals surface area contributed by atoms with Crippen molar-refractivity contribution in [1.29, 1.82) is 0 Å². The normalized spacial score (nSPS) is 13.6. The number of thiophene rings is 1. The van der Waals surface area contributed by atoms with Crippen molar-refractivity contribution < 1.29 is 4.79 Å². The molecule has 0 unspecified atom stereocenters. The Morgan fingerprint density at radius 3 is 2.79 bits per heavy atom. The molecule has 1 saturated carbocycles. The van der Waals surface area contributed by atoms with Crippen LogP contribution in [0.5, 0.6) is 0 Å². The lowest BCUT2D eigenvalue weighted by Crippen LogP contribution is -2.33. The molecule has 3 aromatic heterocycles. The van der Waals surface area contributed by atoms with Gasteiger partial charge in [0.05, 0.1) is 5.75 Å². The average Bonchev–Trinajstić information content (AvgIpc) is 3.28. The molecule has 0 aromatic carbocycles. The molecule has 0 N–H and O–H groups in total. The standard InChI is InChI=1S/C20H23N5OS2/c1-2-10-24-19(16-5-8-21-9-6-16)22-23-20(24)28-14-18(26)25(17-3-4-17)12-15-7-11-27-13-15/h5-9,11,13,17H,2-4,10,12,14H2,1H3. The van der Waals surface area contributed by atoms with Crippen LogP contribution in [-0.4, -0.2) is 42.4 Å². The Balaban J connectivity index is 1.46. The van der Waals surface area contributed by atoms with Crippen LogP contribution in [0, 0.1) is 0 Å². The molecule has 0 radical (unpaired) electrons. The predicted molar refractivity (Wildman–Crippen MR) is 112 cm³/mol. The number of thioether (sulfide) groups is 1. The summed E-state index contributed by atoms with van der Waals surface area (Å²) in [4.78, 5) is 19.0. The largest absolute Gasteiger partial charge is 0.335 e. The van der Waals surface area contributed by atoms with E-state index in [1.807, 2.05) is 17.0 Å². The summed E-state index contributed by atoms with van der Waals surface area (Å²) in [6.45, 7) is 3.66. The first-order valence-electron chi connectivity index (χ1n) is 9.53. The molecule has 0 bridgehead atoms. The van der Waals surface area contributed by atoms with Gasteiger partial charge in [0.25, 0.3) is 0 Å². The van der Waals surface area contributed by atoms with Gasteiger partial charge in [-0.15, -0.1) is 10.2 Å². The minimum atomic E-state index is 0.176. The van der Waals surface area contributed by atoms with Gasteiger partial charge in [-0.25, -0.2) is 0 Å². The third-order valence-electron chi connectivity index (χ3n) is 4.67. The SMILES string of the molecule is CCCn1c(SCC(=O)N(Cc2ccsc2)C2CC2)nnc1-c1ccncc1. The molecule has 4 rings (SSSR count). The number of amides is 1. The lowest BCUT2D eigenvalue weighted by atomic mass is 10.2. The molecule has 0 saturated heterocycles. The number of carbonyl (C=O) groups is 1. The average molecular weight is 414 g/mol. The van der Waals surface area contributed by atoms with Crippen molar-refractivity contribution in [1.82, 2.24) is 24.6 Å². The van der Waals surface area contributed by atoms with E-state index in [-0.39, 0.29) is 5.91 Å². The van der Waals surface area contributed by atoms with Gasteiger partial charge in [0, 0.05) is 37.1 Å². The van der Waals surface area contributed by atoms with Gasteiger partial charge in [-0.1, -0.05) is 18.7 Å². The number of aromatic nitrogens is 4. The monoisotopic (exact) mass is 413 g/mol. The Hall–Kier alpha value is -2.19. The minimum absolute atomic E-state index is 0.176. The summed E-state index contributed by atoms with van der Waals surface area (Å²) in [5.74, 6) is 1.39. The molecule has 0 atom stereocenters. The van der Waals surface area contributed by atoms with Crippen LogP contribution < -0.4 is 0 Å². The summed E-state index contributed by atoms with van der Waals surface area (Å²) in [5, 5.41) is 13.7. The van der Waals surface area contributed by atoms with Gasteiger partial charge in [0.1, 0.15) is 0 Å². The minimum Gasteiger partial charge on any atom is -0.335 e. The lowest BCUT2D eigenvalue weighted by Gasteiger charge is -2.21. The molecule has 1 fully saturated rings. The molecule has 6 nitrogen and oxygen atoms in total. The van der Waals surface area contributed by atoms with Crippen molar-refractivity contribution in [2.75, 3.05) is 5.75 Å². The number of carbonyl (C=O) groups excluding carboxylic acids is 1. The Kier molecular flexibility index (Phi) is 6.07. The van der Waals surface area contributed by atoms with Crippen LogP contribution in [-0.2, 0) is 17.9 Å². The van der Waals surface area contributed by atoms with E-state index in [0.29, 0.717) is 18.3 Å². The molecule has 8 heteroatoms. The highest BCUT2D eigenvalue weighted by atomic mass is 32.2. The Bertz CT molecular complexity index is 906. The Labute approximate surface area is 173 Å². The zero-order valence-electron chi connectivity index (χ0n) is 15.8. The first-order valence-corrected chi connectivity index (χ1v) is 11.5. The number of rotatable bonds is 9. The molecule has 28 heavy (non-hydrogen) atoms.